The van der Waals surface area contributed by atoms with Crippen molar-refractivity contribution >= 4 is 0 Å². The summed E-state index contributed by atoms with van der Waals surface area (Å²) < 4.78 is 11.1. The van der Waals surface area contributed by atoms with Crippen molar-refractivity contribution in [2.24, 2.45) is 0 Å². The summed E-state index contributed by atoms with van der Waals surface area (Å²) in [5.74, 6) is 0. The van der Waals surface area contributed by atoms with Crippen LogP contribution in [0.4, 0.5) is 0 Å². The molecule has 0 rings (SSSR count). The van der Waals surface area contributed by atoms with Crippen LogP contribution in [0.5, 0.6) is 0 Å². The highest BCUT2D eigenvalue weighted by Gasteiger charge is 2.02. The Kier molecular flexibility index (Phi) is 11.9. The first kappa shape index (κ1) is 17.9. The molecule has 0 N–H and O–H groups in total. The molecule has 0 bridgehead atoms. The van der Waals surface area contributed by atoms with E-state index in [0.29, 0.717) is 12.2 Å². The van der Waals surface area contributed by atoms with E-state index in [1.165, 1.54) is 13.0 Å². The zero-order valence-corrected chi connectivity index (χ0v) is 13.1. The van der Waals surface area contributed by atoms with Gasteiger partial charge in [0.2, 0.25) is 0 Å². The third kappa shape index (κ3) is 12.3. The van der Waals surface area contributed by atoms with E-state index in [0.717, 1.165) is 39.1 Å². The first-order chi connectivity index (χ1) is 8.56. The molecule has 0 aromatic carbocycles. The minimum Gasteiger partial charge on any atom is -0.379 e. The van der Waals surface area contributed by atoms with E-state index in [4.69, 9.17) is 9.47 Å². The van der Waals surface area contributed by atoms with Crippen LogP contribution in [0.15, 0.2) is 0 Å². The zero-order valence-electron chi connectivity index (χ0n) is 13.1. The topological polar surface area (TPSA) is 21.7 Å². The van der Waals surface area contributed by atoms with Crippen LogP contribution in [-0.4, -0.2) is 50.0 Å². The summed E-state index contributed by atoms with van der Waals surface area (Å²) in [4.78, 5) is 2.50. The van der Waals surface area contributed by atoms with Crippen molar-refractivity contribution in [2.45, 2.75) is 66.1 Å². The summed E-state index contributed by atoms with van der Waals surface area (Å²) in [6.07, 6.45) is 4.24. The summed E-state index contributed by atoms with van der Waals surface area (Å²) in [7, 11) is 0. The molecule has 0 aliphatic rings. The van der Waals surface area contributed by atoms with Gasteiger partial charge in [0.25, 0.3) is 0 Å². The van der Waals surface area contributed by atoms with Crippen molar-refractivity contribution in [3.05, 3.63) is 0 Å². The van der Waals surface area contributed by atoms with Crippen molar-refractivity contribution in [1.29, 1.82) is 0 Å². The molecule has 0 fully saturated rings. The quantitative estimate of drug-likeness (QED) is 0.502. The Labute approximate surface area is 114 Å². The van der Waals surface area contributed by atoms with Crippen LogP contribution in [0.25, 0.3) is 0 Å². The lowest BCUT2D eigenvalue weighted by molar-refractivity contribution is 0.0673. The molecule has 0 aliphatic carbocycles. The van der Waals surface area contributed by atoms with Gasteiger partial charge in [0.1, 0.15) is 0 Å². The van der Waals surface area contributed by atoms with E-state index >= 15 is 0 Å². The summed E-state index contributed by atoms with van der Waals surface area (Å²) in [5.41, 5.74) is 0. The van der Waals surface area contributed by atoms with E-state index < -0.39 is 0 Å². The van der Waals surface area contributed by atoms with Crippen molar-refractivity contribution in [1.82, 2.24) is 4.90 Å². The Morgan fingerprint density at radius 1 is 0.778 bits per heavy atom. The molecule has 18 heavy (non-hydrogen) atoms. The summed E-state index contributed by atoms with van der Waals surface area (Å²) in [5, 5.41) is 0. The highest BCUT2D eigenvalue weighted by atomic mass is 16.5. The van der Waals surface area contributed by atoms with Crippen LogP contribution in [-0.2, 0) is 9.47 Å². The van der Waals surface area contributed by atoms with E-state index in [9.17, 15) is 0 Å². The molecule has 0 aliphatic heterocycles. The van der Waals surface area contributed by atoms with E-state index in [1.807, 2.05) is 0 Å². The smallest absolute Gasteiger partial charge is 0.0518 e. The van der Waals surface area contributed by atoms with Crippen LogP contribution < -0.4 is 0 Å². The Bertz CT molecular complexity index is 172. The summed E-state index contributed by atoms with van der Waals surface area (Å²) >= 11 is 0. The SMILES string of the molecule is CCN(CCCCOC(C)C)CCCOC(C)C. The molecule has 0 aromatic heterocycles. The molecule has 0 unspecified atom stereocenters. The number of nitrogens with zero attached hydrogens (tertiary/aromatic N) is 1. The Balaban J connectivity index is 3.40. The third-order valence-corrected chi connectivity index (χ3v) is 2.84. The van der Waals surface area contributed by atoms with Gasteiger partial charge in [-0.2, -0.15) is 0 Å². The van der Waals surface area contributed by atoms with Crippen LogP contribution in [0.3, 0.4) is 0 Å². The van der Waals surface area contributed by atoms with E-state index in [2.05, 4.69) is 39.5 Å². The van der Waals surface area contributed by atoms with Gasteiger partial charge in [-0.1, -0.05) is 6.92 Å². The maximum Gasteiger partial charge on any atom is 0.0518 e. The first-order valence-corrected chi connectivity index (χ1v) is 7.51. The van der Waals surface area contributed by atoms with Gasteiger partial charge in [-0.25, -0.2) is 0 Å². The van der Waals surface area contributed by atoms with Crippen LogP contribution in [0.1, 0.15) is 53.9 Å². The lowest BCUT2D eigenvalue weighted by atomic mass is 10.3. The number of rotatable bonds is 12. The standard InChI is InChI=1S/C15H33NO2/c1-6-16(11-9-13-18-15(4)5)10-7-8-12-17-14(2)3/h14-15H,6-13H2,1-5H3. The molecule has 0 saturated carbocycles. The van der Waals surface area contributed by atoms with Crippen LogP contribution in [0, 0.1) is 0 Å². The summed E-state index contributed by atoms with van der Waals surface area (Å²) in [6, 6.07) is 0. The second-order valence-electron chi connectivity index (χ2n) is 5.33. The molecule has 3 heteroatoms. The fourth-order valence-corrected chi connectivity index (χ4v) is 1.79. The molecule has 0 radical (unpaired) electrons. The second kappa shape index (κ2) is 11.9. The average Bonchev–Trinajstić information content (AvgIpc) is 2.30. The fraction of sp³-hybridized carbons (Fsp3) is 1.00. The molecule has 3 nitrogen and oxygen atoms in total. The molecule has 0 aromatic rings. The average molecular weight is 259 g/mol. The molecule has 0 heterocycles. The maximum absolute atomic E-state index is 5.56. The van der Waals surface area contributed by atoms with Gasteiger partial charge in [-0.05, 0) is 60.0 Å². The zero-order chi connectivity index (χ0) is 13.8. The van der Waals surface area contributed by atoms with Crippen molar-refractivity contribution in [3.63, 3.8) is 0 Å². The largest absolute Gasteiger partial charge is 0.379 e. The number of ether oxygens (including phenoxy) is 2. The highest BCUT2D eigenvalue weighted by Crippen LogP contribution is 2.00. The minimum atomic E-state index is 0.355. The van der Waals surface area contributed by atoms with Gasteiger partial charge in [-0.15, -0.1) is 0 Å². The molecular weight excluding hydrogens is 226 g/mol. The number of unbranched alkanes of at least 4 members (excludes halogenated alkanes) is 1. The normalized spacial score (nSPS) is 12.0. The van der Waals surface area contributed by atoms with Crippen molar-refractivity contribution in [3.8, 4) is 0 Å². The number of hydrogen-bond donors (Lipinski definition) is 0. The maximum atomic E-state index is 5.56. The van der Waals surface area contributed by atoms with Gasteiger partial charge < -0.3 is 14.4 Å². The molecule has 110 valence electrons. The van der Waals surface area contributed by atoms with Crippen molar-refractivity contribution in [2.75, 3.05) is 32.8 Å². The van der Waals surface area contributed by atoms with E-state index in [1.54, 1.807) is 0 Å². The highest BCUT2D eigenvalue weighted by molar-refractivity contribution is 4.56. The predicted molar refractivity (Wildman–Crippen MR) is 78.1 cm³/mol. The molecule has 0 saturated heterocycles. The Hall–Kier alpha value is -0.120. The van der Waals surface area contributed by atoms with Crippen LogP contribution >= 0.6 is 0 Å². The van der Waals surface area contributed by atoms with Gasteiger partial charge in [0.05, 0.1) is 12.2 Å². The van der Waals surface area contributed by atoms with Gasteiger partial charge in [0, 0.05) is 19.8 Å². The van der Waals surface area contributed by atoms with Crippen molar-refractivity contribution < 1.29 is 9.47 Å². The number of hydrogen-bond acceptors (Lipinski definition) is 3. The van der Waals surface area contributed by atoms with E-state index in [-0.39, 0.29) is 0 Å². The van der Waals surface area contributed by atoms with Gasteiger partial charge >= 0.3 is 0 Å². The Morgan fingerprint density at radius 2 is 1.28 bits per heavy atom. The second-order valence-corrected chi connectivity index (χ2v) is 5.33. The Morgan fingerprint density at radius 3 is 1.78 bits per heavy atom. The lowest BCUT2D eigenvalue weighted by Gasteiger charge is -2.20. The molecule has 0 atom stereocenters. The first-order valence-electron chi connectivity index (χ1n) is 7.51. The summed E-state index contributed by atoms with van der Waals surface area (Å²) in [6.45, 7) is 15.8. The molecule has 0 amide bonds. The predicted octanol–water partition coefficient (Wildman–Crippen LogP) is 3.33. The minimum absolute atomic E-state index is 0.355. The van der Waals surface area contributed by atoms with Gasteiger partial charge in [-0.3, -0.25) is 0 Å². The molecule has 0 spiro atoms. The van der Waals surface area contributed by atoms with Crippen LogP contribution in [0.2, 0.25) is 0 Å². The monoisotopic (exact) mass is 259 g/mol. The lowest BCUT2D eigenvalue weighted by Crippen LogP contribution is -2.27. The third-order valence-electron chi connectivity index (χ3n) is 2.84. The molecular formula is C15H33NO2. The van der Waals surface area contributed by atoms with Gasteiger partial charge in [0.15, 0.2) is 0 Å². The fourth-order valence-electron chi connectivity index (χ4n) is 1.79.